The lowest BCUT2D eigenvalue weighted by Crippen LogP contribution is -2.41. The number of nitrogens with one attached hydrogen (secondary N) is 4. The first-order chi connectivity index (χ1) is 28.2. The minimum Gasteiger partial charge on any atom is -0.480 e. The van der Waals surface area contributed by atoms with Gasteiger partial charge in [0.15, 0.2) is 11.2 Å². The van der Waals surface area contributed by atoms with Crippen LogP contribution in [-0.4, -0.2) is 94.0 Å². The molecule has 2 aromatic carbocycles. The normalized spacial score (nSPS) is 12.9. The summed E-state index contributed by atoms with van der Waals surface area (Å²) in [5, 5.41) is 17.8. The van der Waals surface area contributed by atoms with E-state index in [1.807, 2.05) is 0 Å². The van der Waals surface area contributed by atoms with Crippen LogP contribution in [0.3, 0.4) is 0 Å². The van der Waals surface area contributed by atoms with Gasteiger partial charge in [0.1, 0.15) is 18.8 Å². The molecule has 7 N–H and O–H groups in total. The highest BCUT2D eigenvalue weighted by Gasteiger charge is 2.32. The van der Waals surface area contributed by atoms with Gasteiger partial charge in [0.25, 0.3) is 11.5 Å². The van der Waals surface area contributed by atoms with Crippen LogP contribution in [0.4, 0.5) is 17.3 Å². The first-order valence-electron chi connectivity index (χ1n) is 18.1. The Bertz CT molecular complexity index is 2220. The molecule has 0 bridgehead atoms. The summed E-state index contributed by atoms with van der Waals surface area (Å²) in [7, 11) is -7.08. The summed E-state index contributed by atoms with van der Waals surface area (Å²) in [6.07, 6.45) is -0.518. The van der Waals surface area contributed by atoms with Crippen LogP contribution in [0, 0.1) is 0 Å². The van der Waals surface area contributed by atoms with Crippen molar-refractivity contribution < 1.29 is 60.8 Å². The third-order valence-corrected chi connectivity index (χ3v) is 10.3. The van der Waals surface area contributed by atoms with E-state index in [2.05, 4.69) is 35.9 Å². The SMILES string of the molecule is CCO[PH](=O)OCC(COC(=O)c1ccccc1NC(=O)CC[C@@H](NC(=O)c1ccc(NCc2cnc3nc(N)[nH]c(=O)c3n2)cc1)C(=O)O)OP(=O)(OCC)OCC. The van der Waals surface area contributed by atoms with Gasteiger partial charge < -0.3 is 40.6 Å². The van der Waals surface area contributed by atoms with Crippen LogP contribution in [0.25, 0.3) is 11.2 Å². The molecule has 0 spiro atoms. The van der Waals surface area contributed by atoms with Crippen molar-refractivity contribution in [1.82, 2.24) is 25.3 Å². The number of esters is 1. The molecular formula is C35H44N8O14P2. The zero-order valence-corrected chi connectivity index (χ0v) is 34.0. The van der Waals surface area contributed by atoms with Crippen LogP contribution in [0.5, 0.6) is 0 Å². The number of carboxylic acids is 1. The Morgan fingerprint density at radius 1 is 0.966 bits per heavy atom. The number of aromatic nitrogens is 4. The predicted molar refractivity (Wildman–Crippen MR) is 212 cm³/mol. The number of hydrogen-bond acceptors (Lipinski definition) is 18. The fourth-order valence-corrected chi connectivity index (χ4v) is 6.97. The second kappa shape index (κ2) is 22.5. The summed E-state index contributed by atoms with van der Waals surface area (Å²) in [5.41, 5.74) is 6.21. The predicted octanol–water partition coefficient (Wildman–Crippen LogP) is 3.68. The third-order valence-electron chi connectivity index (χ3n) is 7.69. The van der Waals surface area contributed by atoms with Crippen molar-refractivity contribution in [3.63, 3.8) is 0 Å². The number of carboxylic acid groups (broad SMARTS) is 1. The smallest absolute Gasteiger partial charge is 0.475 e. The Morgan fingerprint density at radius 3 is 2.36 bits per heavy atom. The van der Waals surface area contributed by atoms with Gasteiger partial charge in [-0.1, -0.05) is 12.1 Å². The summed E-state index contributed by atoms with van der Waals surface area (Å²) in [6, 6.07) is 10.4. The van der Waals surface area contributed by atoms with E-state index in [1.165, 1.54) is 42.6 Å². The summed E-state index contributed by atoms with van der Waals surface area (Å²) in [4.78, 5) is 77.9. The van der Waals surface area contributed by atoms with Crippen molar-refractivity contribution in [3.8, 4) is 0 Å². The first-order valence-corrected chi connectivity index (χ1v) is 20.7. The van der Waals surface area contributed by atoms with Gasteiger partial charge in [0.2, 0.25) is 11.9 Å². The maximum absolute atomic E-state index is 13.2. The van der Waals surface area contributed by atoms with Gasteiger partial charge in [0.05, 0.1) is 56.1 Å². The molecule has 4 rings (SSSR count). The largest absolute Gasteiger partial charge is 0.480 e. The number of nitrogens with zero attached hydrogens (tertiary/aromatic N) is 3. The quantitative estimate of drug-likeness (QED) is 0.0432. The number of para-hydroxylation sites is 1. The average molecular weight is 863 g/mol. The van der Waals surface area contributed by atoms with Gasteiger partial charge in [-0.2, -0.15) is 4.98 Å². The Kier molecular flexibility index (Phi) is 17.6. The van der Waals surface area contributed by atoms with Crippen molar-refractivity contribution in [1.29, 1.82) is 0 Å². The number of ether oxygens (including phenoxy) is 1. The molecule has 2 amide bonds. The zero-order chi connectivity index (χ0) is 43.0. The molecule has 0 aliphatic rings. The van der Waals surface area contributed by atoms with E-state index in [0.29, 0.717) is 11.4 Å². The average Bonchev–Trinajstić information content (AvgIpc) is 3.20. The highest BCUT2D eigenvalue weighted by molar-refractivity contribution is 7.48. The number of carbonyl (C=O) groups excluding carboxylic acids is 3. The molecule has 2 heterocycles. The van der Waals surface area contributed by atoms with E-state index in [-0.39, 0.29) is 73.1 Å². The van der Waals surface area contributed by atoms with Crippen LogP contribution in [0.1, 0.15) is 60.0 Å². The topological polar surface area (TPSA) is 312 Å². The van der Waals surface area contributed by atoms with Gasteiger partial charge in [0, 0.05) is 17.7 Å². The molecule has 318 valence electrons. The maximum Gasteiger partial charge on any atom is 0.475 e. The second-order valence-electron chi connectivity index (χ2n) is 12.0. The number of carbonyl (C=O) groups is 4. The summed E-state index contributed by atoms with van der Waals surface area (Å²) < 4.78 is 56.1. The summed E-state index contributed by atoms with van der Waals surface area (Å²) >= 11 is 0. The summed E-state index contributed by atoms with van der Waals surface area (Å²) in [6.45, 7) is 3.90. The monoisotopic (exact) mass is 862 g/mol. The number of aromatic amines is 1. The minimum absolute atomic E-state index is 0.0207. The van der Waals surface area contributed by atoms with E-state index in [0.717, 1.165) is 0 Å². The van der Waals surface area contributed by atoms with Crippen LogP contribution in [0.2, 0.25) is 0 Å². The molecule has 2 unspecified atom stereocenters. The number of phosphoric acid groups is 1. The lowest BCUT2D eigenvalue weighted by Gasteiger charge is -2.23. The molecule has 2 aromatic heterocycles. The maximum atomic E-state index is 13.2. The van der Waals surface area contributed by atoms with Gasteiger partial charge >= 0.3 is 28.0 Å². The number of anilines is 3. The molecule has 0 fully saturated rings. The van der Waals surface area contributed by atoms with Gasteiger partial charge in [-0.25, -0.2) is 24.1 Å². The van der Waals surface area contributed by atoms with Crippen molar-refractivity contribution in [2.24, 2.45) is 0 Å². The number of rotatable bonds is 24. The number of hydrogen-bond donors (Lipinski definition) is 6. The van der Waals surface area contributed by atoms with E-state index in [4.69, 9.17) is 33.1 Å². The molecule has 0 radical (unpaired) electrons. The molecule has 22 nitrogen and oxygen atoms in total. The van der Waals surface area contributed by atoms with Gasteiger partial charge in [-0.3, -0.25) is 37.5 Å². The number of phosphoric ester groups is 1. The van der Waals surface area contributed by atoms with E-state index < -0.39 is 70.7 Å². The summed E-state index contributed by atoms with van der Waals surface area (Å²) in [5.74, 6) is -3.78. The molecule has 24 heteroatoms. The molecule has 3 atom stereocenters. The molecule has 4 aromatic rings. The molecule has 0 saturated heterocycles. The zero-order valence-electron chi connectivity index (χ0n) is 32.1. The van der Waals surface area contributed by atoms with Gasteiger partial charge in [-0.05, 0) is 63.6 Å². The number of benzene rings is 2. The van der Waals surface area contributed by atoms with E-state index >= 15 is 0 Å². The Labute approximate surface area is 337 Å². The van der Waals surface area contributed by atoms with Crippen LogP contribution >= 0.6 is 16.1 Å². The fourth-order valence-electron chi connectivity index (χ4n) is 5.02. The Balaban J connectivity index is 1.31. The highest BCUT2D eigenvalue weighted by Crippen LogP contribution is 2.50. The van der Waals surface area contributed by atoms with E-state index in [1.54, 1.807) is 32.9 Å². The molecule has 0 aliphatic heterocycles. The lowest BCUT2D eigenvalue weighted by molar-refractivity contribution is -0.139. The van der Waals surface area contributed by atoms with E-state index in [9.17, 15) is 38.2 Å². The fraction of sp³-hybridized carbons (Fsp3) is 0.371. The number of amides is 2. The number of fused-ring (bicyclic) bond motifs is 1. The highest BCUT2D eigenvalue weighted by atomic mass is 31.2. The van der Waals surface area contributed by atoms with Crippen molar-refractivity contribution in [2.75, 3.05) is 49.4 Å². The number of nitrogens with two attached hydrogens (primary N) is 1. The minimum atomic E-state index is -4.13. The van der Waals surface area contributed by atoms with Crippen LogP contribution in [-0.2, 0) is 52.6 Å². The van der Waals surface area contributed by atoms with Crippen molar-refractivity contribution in [3.05, 3.63) is 81.9 Å². The van der Waals surface area contributed by atoms with Crippen LogP contribution in [0.15, 0.2) is 59.5 Å². The number of aliphatic carboxylic acids is 1. The molecule has 0 aliphatic carbocycles. The standard InChI is InChI=1S/C35H44N8O14P2/c1-4-53-58(50)54-20-24(57-59(51,55-5-2)56-6-3)19-52-34(49)25-9-7-8-10-26(25)40-28(44)16-15-27(33(47)48)41-31(45)21-11-13-22(14-12-21)37-17-23-18-38-30-29(39-23)32(46)43-35(36)42-30/h7-14,18,24,27,37,58H,4-6,15-17,19-20H2,1-3H3,(H,40,44)(H,41,45)(H,47,48)(H3,36,38,42,43,46)/t24?,27-/m1/s1. The van der Waals surface area contributed by atoms with Gasteiger partial charge in [-0.15, -0.1) is 0 Å². The molecular weight excluding hydrogens is 818 g/mol. The van der Waals surface area contributed by atoms with Crippen molar-refractivity contribution >= 4 is 68.3 Å². The third kappa shape index (κ3) is 14.3. The Hall–Kier alpha value is -5.60. The van der Waals surface area contributed by atoms with Crippen LogP contribution < -0.4 is 27.2 Å². The second-order valence-corrected chi connectivity index (χ2v) is 14.7. The lowest BCUT2D eigenvalue weighted by atomic mass is 10.1. The Morgan fingerprint density at radius 2 is 1.68 bits per heavy atom. The first kappa shape index (κ1) is 46.1. The van der Waals surface area contributed by atoms with Crippen molar-refractivity contribution in [2.45, 2.75) is 52.3 Å². The number of nitrogen functional groups attached to an aromatic ring is 1. The molecule has 0 saturated carbocycles. The number of H-pyrrole nitrogens is 1. The molecule has 59 heavy (non-hydrogen) atoms.